The number of phenols is 1. The second kappa shape index (κ2) is 5.85. The standard InChI is InChI=1S/C17H20N2O3/c1-12(2)19-7-5-18(6-8-19)10-13-11-22-16-4-3-14(20)9-15(16)17(13)21/h3-4,9,11,20H,1,5-8,10H2,2H3. The molecule has 22 heavy (non-hydrogen) atoms. The van der Waals surface area contributed by atoms with E-state index in [1.807, 2.05) is 6.92 Å². The summed E-state index contributed by atoms with van der Waals surface area (Å²) in [6.07, 6.45) is 1.53. The first-order chi connectivity index (χ1) is 10.5. The van der Waals surface area contributed by atoms with Crippen molar-refractivity contribution in [2.45, 2.75) is 13.5 Å². The summed E-state index contributed by atoms with van der Waals surface area (Å²) in [6.45, 7) is 10.2. The summed E-state index contributed by atoms with van der Waals surface area (Å²) in [7, 11) is 0. The Bertz CT molecular complexity index is 758. The Morgan fingerprint density at radius 1 is 1.32 bits per heavy atom. The van der Waals surface area contributed by atoms with Crippen LogP contribution in [0.2, 0.25) is 0 Å². The zero-order valence-corrected chi connectivity index (χ0v) is 12.7. The van der Waals surface area contributed by atoms with Gasteiger partial charge in [-0.25, -0.2) is 0 Å². The number of hydrogen-bond donors (Lipinski definition) is 1. The summed E-state index contributed by atoms with van der Waals surface area (Å²) in [5.41, 5.74) is 2.14. The topological polar surface area (TPSA) is 56.9 Å². The number of piperazine rings is 1. The van der Waals surface area contributed by atoms with E-state index in [9.17, 15) is 9.90 Å². The molecule has 0 unspecified atom stereocenters. The summed E-state index contributed by atoms with van der Waals surface area (Å²) >= 11 is 0. The molecular formula is C17H20N2O3. The van der Waals surface area contributed by atoms with Crippen molar-refractivity contribution in [3.05, 3.63) is 52.5 Å². The molecule has 0 amide bonds. The van der Waals surface area contributed by atoms with Gasteiger partial charge in [-0.05, 0) is 25.1 Å². The van der Waals surface area contributed by atoms with Gasteiger partial charge in [-0.3, -0.25) is 9.69 Å². The van der Waals surface area contributed by atoms with Crippen molar-refractivity contribution in [2.24, 2.45) is 0 Å². The first-order valence-corrected chi connectivity index (χ1v) is 7.41. The zero-order valence-electron chi connectivity index (χ0n) is 12.7. The maximum atomic E-state index is 12.5. The van der Waals surface area contributed by atoms with Crippen molar-refractivity contribution in [1.82, 2.24) is 9.80 Å². The van der Waals surface area contributed by atoms with E-state index in [0.717, 1.165) is 31.9 Å². The summed E-state index contributed by atoms with van der Waals surface area (Å²) in [6, 6.07) is 4.59. The maximum absolute atomic E-state index is 12.5. The summed E-state index contributed by atoms with van der Waals surface area (Å²) in [5.74, 6) is 0.0759. The van der Waals surface area contributed by atoms with Crippen LogP contribution in [-0.4, -0.2) is 41.1 Å². The normalized spacial score (nSPS) is 16.1. The SMILES string of the molecule is C=C(C)N1CCN(Cc2coc3ccc(O)cc3c2=O)CC1. The Balaban J connectivity index is 1.79. The molecule has 2 aromatic rings. The smallest absolute Gasteiger partial charge is 0.197 e. The minimum absolute atomic E-state index is 0.0699. The monoisotopic (exact) mass is 300 g/mol. The van der Waals surface area contributed by atoms with Gasteiger partial charge in [0, 0.05) is 44.0 Å². The third kappa shape index (κ3) is 2.85. The van der Waals surface area contributed by atoms with Gasteiger partial charge in [0.2, 0.25) is 0 Å². The number of phenolic OH excluding ortho intramolecular Hbond substituents is 1. The van der Waals surface area contributed by atoms with Crippen LogP contribution in [0.15, 0.2) is 45.9 Å². The average Bonchev–Trinajstić information content (AvgIpc) is 2.51. The maximum Gasteiger partial charge on any atom is 0.197 e. The molecule has 2 heterocycles. The van der Waals surface area contributed by atoms with E-state index < -0.39 is 0 Å². The fourth-order valence-electron chi connectivity index (χ4n) is 2.80. The van der Waals surface area contributed by atoms with Crippen LogP contribution in [0.4, 0.5) is 0 Å². The predicted molar refractivity (Wildman–Crippen MR) is 85.8 cm³/mol. The molecule has 0 saturated carbocycles. The van der Waals surface area contributed by atoms with Crippen LogP contribution in [0.25, 0.3) is 11.0 Å². The first kappa shape index (κ1) is 14.7. The van der Waals surface area contributed by atoms with Crippen molar-refractivity contribution in [3.63, 3.8) is 0 Å². The first-order valence-electron chi connectivity index (χ1n) is 7.41. The highest BCUT2D eigenvalue weighted by Crippen LogP contribution is 2.18. The van der Waals surface area contributed by atoms with Gasteiger partial charge in [0.25, 0.3) is 0 Å². The van der Waals surface area contributed by atoms with E-state index in [-0.39, 0.29) is 11.2 Å². The van der Waals surface area contributed by atoms with E-state index in [2.05, 4.69) is 16.4 Å². The molecule has 1 aliphatic rings. The lowest BCUT2D eigenvalue weighted by molar-refractivity contribution is 0.152. The van der Waals surface area contributed by atoms with Gasteiger partial charge in [-0.2, -0.15) is 0 Å². The van der Waals surface area contributed by atoms with Crippen LogP contribution in [0.3, 0.4) is 0 Å². The molecule has 0 radical (unpaired) electrons. The molecule has 1 aliphatic heterocycles. The predicted octanol–water partition coefficient (Wildman–Crippen LogP) is 2.15. The Kier molecular flexibility index (Phi) is 3.90. The molecule has 1 aromatic carbocycles. The van der Waals surface area contributed by atoms with Crippen LogP contribution in [0.5, 0.6) is 5.75 Å². The molecule has 3 rings (SSSR count). The quantitative estimate of drug-likeness (QED) is 0.941. The van der Waals surface area contributed by atoms with Gasteiger partial charge in [0.15, 0.2) is 5.43 Å². The van der Waals surface area contributed by atoms with Crippen LogP contribution in [0, 0.1) is 0 Å². The molecular weight excluding hydrogens is 280 g/mol. The van der Waals surface area contributed by atoms with Crippen LogP contribution < -0.4 is 5.43 Å². The van der Waals surface area contributed by atoms with Gasteiger partial charge in [0.1, 0.15) is 11.3 Å². The van der Waals surface area contributed by atoms with Crippen LogP contribution >= 0.6 is 0 Å². The third-order valence-electron chi connectivity index (χ3n) is 4.13. The van der Waals surface area contributed by atoms with Gasteiger partial charge in [-0.15, -0.1) is 0 Å². The molecule has 116 valence electrons. The third-order valence-corrected chi connectivity index (χ3v) is 4.13. The molecule has 5 heteroatoms. The molecule has 5 nitrogen and oxygen atoms in total. The Hall–Kier alpha value is -2.27. The molecule has 0 aliphatic carbocycles. The molecule has 0 spiro atoms. The molecule has 0 atom stereocenters. The number of hydrogen-bond acceptors (Lipinski definition) is 5. The molecule has 1 N–H and O–H groups in total. The van der Waals surface area contributed by atoms with Crippen molar-refractivity contribution >= 4 is 11.0 Å². The van der Waals surface area contributed by atoms with Gasteiger partial charge in [0.05, 0.1) is 11.6 Å². The molecule has 1 fully saturated rings. The highest BCUT2D eigenvalue weighted by atomic mass is 16.3. The van der Waals surface area contributed by atoms with Crippen molar-refractivity contribution in [2.75, 3.05) is 26.2 Å². The Morgan fingerprint density at radius 3 is 2.73 bits per heavy atom. The largest absolute Gasteiger partial charge is 0.508 e. The number of allylic oxidation sites excluding steroid dienone is 1. The minimum Gasteiger partial charge on any atom is -0.508 e. The lowest BCUT2D eigenvalue weighted by Gasteiger charge is -2.36. The fourth-order valence-corrected chi connectivity index (χ4v) is 2.80. The Morgan fingerprint density at radius 2 is 2.05 bits per heavy atom. The summed E-state index contributed by atoms with van der Waals surface area (Å²) < 4.78 is 5.52. The van der Waals surface area contributed by atoms with E-state index in [4.69, 9.17) is 4.42 Å². The van der Waals surface area contributed by atoms with Crippen LogP contribution in [0.1, 0.15) is 12.5 Å². The number of rotatable bonds is 3. The van der Waals surface area contributed by atoms with E-state index in [1.54, 1.807) is 6.07 Å². The lowest BCUT2D eigenvalue weighted by Crippen LogP contribution is -2.45. The molecule has 1 saturated heterocycles. The van der Waals surface area contributed by atoms with Crippen molar-refractivity contribution in [1.29, 1.82) is 0 Å². The second-order valence-corrected chi connectivity index (χ2v) is 5.77. The van der Waals surface area contributed by atoms with Crippen molar-refractivity contribution < 1.29 is 9.52 Å². The van der Waals surface area contributed by atoms with Gasteiger partial charge in [-0.1, -0.05) is 6.58 Å². The summed E-state index contributed by atoms with van der Waals surface area (Å²) in [5, 5.41) is 9.97. The Labute approximate surface area is 129 Å². The number of benzene rings is 1. The van der Waals surface area contributed by atoms with E-state index >= 15 is 0 Å². The highest BCUT2D eigenvalue weighted by molar-refractivity contribution is 5.78. The summed E-state index contributed by atoms with van der Waals surface area (Å²) in [4.78, 5) is 17.0. The zero-order chi connectivity index (χ0) is 15.7. The second-order valence-electron chi connectivity index (χ2n) is 5.77. The fraction of sp³-hybridized carbons (Fsp3) is 0.353. The minimum atomic E-state index is -0.0699. The van der Waals surface area contributed by atoms with Gasteiger partial charge >= 0.3 is 0 Å². The highest BCUT2D eigenvalue weighted by Gasteiger charge is 2.18. The number of nitrogens with zero attached hydrogens (tertiary/aromatic N) is 2. The van der Waals surface area contributed by atoms with Crippen LogP contribution in [-0.2, 0) is 6.54 Å². The number of fused-ring (bicyclic) bond motifs is 1. The van der Waals surface area contributed by atoms with E-state index in [0.29, 0.717) is 23.1 Å². The van der Waals surface area contributed by atoms with Gasteiger partial charge < -0.3 is 14.4 Å². The number of aromatic hydroxyl groups is 1. The van der Waals surface area contributed by atoms with E-state index in [1.165, 1.54) is 18.4 Å². The lowest BCUT2D eigenvalue weighted by atomic mass is 10.1. The average molecular weight is 300 g/mol. The molecule has 0 bridgehead atoms. The molecule has 1 aromatic heterocycles. The van der Waals surface area contributed by atoms with Crippen molar-refractivity contribution in [3.8, 4) is 5.75 Å².